The van der Waals surface area contributed by atoms with E-state index in [4.69, 9.17) is 4.74 Å². The third-order valence-corrected chi connectivity index (χ3v) is 4.75. The van der Waals surface area contributed by atoms with E-state index in [1.807, 2.05) is 0 Å². The molecule has 10 heteroatoms. The number of carbonyl (C=O) groups excluding carboxylic acids is 1. The molecule has 0 radical (unpaired) electrons. The maximum atomic E-state index is 12.3. The van der Waals surface area contributed by atoms with Crippen LogP contribution < -0.4 is 0 Å². The zero-order chi connectivity index (χ0) is 17.7. The number of ether oxygens (including phenoxy) is 1. The summed E-state index contributed by atoms with van der Waals surface area (Å²) in [5.74, 6) is -2.36. The minimum atomic E-state index is -2.48. The van der Waals surface area contributed by atoms with Gasteiger partial charge in [-0.25, -0.2) is 4.79 Å². The molecule has 0 bridgehead atoms. The molecular formula is C14H16F2N2O4S2. The van der Waals surface area contributed by atoms with Gasteiger partial charge in [0.1, 0.15) is 6.61 Å². The van der Waals surface area contributed by atoms with E-state index in [-0.39, 0.29) is 29.3 Å². The van der Waals surface area contributed by atoms with E-state index in [0.717, 1.165) is 0 Å². The summed E-state index contributed by atoms with van der Waals surface area (Å²) in [6, 6.07) is 5.31. The summed E-state index contributed by atoms with van der Waals surface area (Å²) < 4.78 is 29.9. The maximum absolute atomic E-state index is 12.3. The molecule has 0 aromatic heterocycles. The number of rotatable bonds is 6. The number of carbonyl (C=O) groups is 1. The van der Waals surface area contributed by atoms with Crippen molar-refractivity contribution >= 4 is 36.2 Å². The van der Waals surface area contributed by atoms with Crippen LogP contribution in [0.5, 0.6) is 0 Å². The predicted octanol–water partition coefficient (Wildman–Crippen LogP) is 3.56. The molecule has 1 aliphatic heterocycles. The lowest BCUT2D eigenvalue weighted by Crippen LogP contribution is -2.37. The molecule has 0 saturated carbocycles. The van der Waals surface area contributed by atoms with Gasteiger partial charge in [-0.05, 0) is 24.1 Å². The van der Waals surface area contributed by atoms with E-state index in [1.54, 1.807) is 0 Å². The molecule has 1 aliphatic rings. The van der Waals surface area contributed by atoms with Crippen molar-refractivity contribution in [3.63, 3.8) is 0 Å². The monoisotopic (exact) mass is 378 g/mol. The van der Waals surface area contributed by atoms with E-state index in [1.165, 1.54) is 29.2 Å². The van der Waals surface area contributed by atoms with Gasteiger partial charge in [-0.2, -0.15) is 21.4 Å². The van der Waals surface area contributed by atoms with Crippen molar-refractivity contribution in [2.75, 3.05) is 12.3 Å². The number of nitro groups is 1. The third-order valence-electron chi connectivity index (χ3n) is 3.55. The Bertz CT molecular complexity index is 589. The van der Waals surface area contributed by atoms with Crippen LogP contribution in [0.2, 0.25) is 0 Å². The number of non-ortho nitro benzene ring substituents is 1. The van der Waals surface area contributed by atoms with Gasteiger partial charge in [-0.1, -0.05) is 11.8 Å². The average Bonchev–Trinajstić information content (AvgIpc) is 2.92. The fraction of sp³-hybridized carbons (Fsp3) is 0.500. The fourth-order valence-corrected chi connectivity index (χ4v) is 3.50. The van der Waals surface area contributed by atoms with Gasteiger partial charge in [-0.3, -0.25) is 10.1 Å². The van der Waals surface area contributed by atoms with E-state index >= 15 is 0 Å². The quantitative estimate of drug-likeness (QED) is 0.466. The molecule has 24 heavy (non-hydrogen) atoms. The number of likely N-dealkylation sites (tertiary alicyclic amines) is 1. The molecule has 1 fully saturated rings. The molecule has 2 atom stereocenters. The summed E-state index contributed by atoms with van der Waals surface area (Å²) in [7, 11) is 0. The average molecular weight is 378 g/mol. The third kappa shape index (κ3) is 5.23. The van der Waals surface area contributed by atoms with Crippen molar-refractivity contribution in [1.82, 2.24) is 4.90 Å². The highest BCUT2D eigenvalue weighted by atomic mass is 32.2. The van der Waals surface area contributed by atoms with Crippen molar-refractivity contribution in [1.29, 1.82) is 0 Å². The number of halogens is 2. The zero-order valence-electron chi connectivity index (χ0n) is 12.5. The number of amides is 1. The molecule has 2 unspecified atom stereocenters. The molecule has 2 rings (SSSR count). The first kappa shape index (κ1) is 18.8. The highest BCUT2D eigenvalue weighted by molar-refractivity contribution is 7.99. The van der Waals surface area contributed by atoms with Crippen molar-refractivity contribution in [2.45, 2.75) is 30.1 Å². The smallest absolute Gasteiger partial charge is 0.410 e. The Kier molecular flexibility index (Phi) is 6.67. The van der Waals surface area contributed by atoms with Crippen LogP contribution in [0.25, 0.3) is 0 Å². The molecule has 132 valence electrons. The van der Waals surface area contributed by atoms with Gasteiger partial charge in [0, 0.05) is 35.7 Å². The topological polar surface area (TPSA) is 72.7 Å². The molecule has 0 aliphatic carbocycles. The predicted molar refractivity (Wildman–Crippen MR) is 89.6 cm³/mol. The minimum Gasteiger partial charge on any atom is -0.445 e. The lowest BCUT2D eigenvalue weighted by atomic mass is 10.2. The normalized spacial score (nSPS) is 20.4. The van der Waals surface area contributed by atoms with Gasteiger partial charge in [0.05, 0.1) is 4.92 Å². The Morgan fingerprint density at radius 1 is 1.46 bits per heavy atom. The van der Waals surface area contributed by atoms with E-state index in [9.17, 15) is 23.7 Å². The number of hydrogen-bond donors (Lipinski definition) is 1. The summed E-state index contributed by atoms with van der Waals surface area (Å²) in [5.41, 5.74) is 0.556. The molecule has 1 aromatic carbocycles. The molecule has 0 N–H and O–H groups in total. The van der Waals surface area contributed by atoms with Crippen LogP contribution in [-0.2, 0) is 11.3 Å². The van der Waals surface area contributed by atoms with Crippen LogP contribution in [0, 0.1) is 10.1 Å². The minimum absolute atomic E-state index is 0.0424. The van der Waals surface area contributed by atoms with Crippen LogP contribution >= 0.6 is 24.4 Å². The Morgan fingerprint density at radius 3 is 2.71 bits per heavy atom. The highest BCUT2D eigenvalue weighted by Gasteiger charge is 2.35. The van der Waals surface area contributed by atoms with Crippen LogP contribution in [0.1, 0.15) is 12.0 Å². The summed E-state index contributed by atoms with van der Waals surface area (Å²) >= 11 is 4.80. The van der Waals surface area contributed by atoms with E-state index in [0.29, 0.717) is 30.3 Å². The lowest BCUT2D eigenvalue weighted by Gasteiger charge is -2.23. The summed E-state index contributed by atoms with van der Waals surface area (Å²) in [5, 5.41) is 10.5. The van der Waals surface area contributed by atoms with Crippen LogP contribution in [0.15, 0.2) is 24.3 Å². The van der Waals surface area contributed by atoms with Crippen molar-refractivity contribution in [2.24, 2.45) is 0 Å². The van der Waals surface area contributed by atoms with E-state index < -0.39 is 16.8 Å². The number of hydrogen-bond acceptors (Lipinski definition) is 6. The van der Waals surface area contributed by atoms with Crippen LogP contribution in [-0.4, -0.2) is 45.3 Å². The first-order valence-corrected chi connectivity index (χ1v) is 8.68. The molecule has 0 spiro atoms. The van der Waals surface area contributed by atoms with Gasteiger partial charge < -0.3 is 9.64 Å². The van der Waals surface area contributed by atoms with Crippen LogP contribution in [0.3, 0.4) is 0 Å². The Balaban J connectivity index is 1.89. The molecule has 1 saturated heterocycles. The summed E-state index contributed by atoms with van der Waals surface area (Å²) in [6.07, 6.45) is -0.0556. The van der Waals surface area contributed by atoms with Crippen LogP contribution in [0.4, 0.5) is 19.3 Å². The molecule has 1 amide bonds. The van der Waals surface area contributed by atoms with Crippen molar-refractivity contribution in [3.05, 3.63) is 39.9 Å². The molecular weight excluding hydrogens is 362 g/mol. The maximum Gasteiger partial charge on any atom is 0.410 e. The molecule has 6 nitrogen and oxygen atoms in total. The largest absolute Gasteiger partial charge is 0.445 e. The number of nitro benzene ring substituents is 1. The Hall–Kier alpha value is -1.55. The summed E-state index contributed by atoms with van der Waals surface area (Å²) in [6.45, 7) is 0.302. The second-order valence-electron chi connectivity index (χ2n) is 5.27. The second-order valence-corrected chi connectivity index (χ2v) is 7.02. The Labute approximate surface area is 147 Å². The highest BCUT2D eigenvalue weighted by Crippen LogP contribution is 2.27. The van der Waals surface area contributed by atoms with E-state index in [2.05, 4.69) is 12.6 Å². The van der Waals surface area contributed by atoms with Gasteiger partial charge in [0.2, 0.25) is 0 Å². The van der Waals surface area contributed by atoms with Gasteiger partial charge in [0.25, 0.3) is 11.4 Å². The van der Waals surface area contributed by atoms with Crippen molar-refractivity contribution in [3.8, 4) is 0 Å². The van der Waals surface area contributed by atoms with Gasteiger partial charge in [-0.15, -0.1) is 0 Å². The fourth-order valence-electron chi connectivity index (χ4n) is 2.40. The van der Waals surface area contributed by atoms with Gasteiger partial charge in [0.15, 0.2) is 0 Å². The standard InChI is InChI=1S/C14H16F2N2O4S2/c15-13(16)24-8-11-5-12(23)6-17(11)14(19)22-7-9-1-3-10(4-2-9)18(20)21/h1-4,11-13,23H,5-8H2. The molecule has 1 aromatic rings. The number of alkyl halides is 2. The second kappa shape index (κ2) is 8.52. The number of nitrogens with zero attached hydrogens (tertiary/aromatic N) is 2. The van der Waals surface area contributed by atoms with Crippen molar-refractivity contribution < 1.29 is 23.2 Å². The lowest BCUT2D eigenvalue weighted by molar-refractivity contribution is -0.384. The van der Waals surface area contributed by atoms with Gasteiger partial charge >= 0.3 is 6.09 Å². The number of thiol groups is 1. The number of thioether (sulfide) groups is 1. The SMILES string of the molecule is O=C(OCc1ccc([N+](=O)[O-])cc1)N1CC(S)CC1CSC(F)F. The molecule has 1 heterocycles. The first-order valence-electron chi connectivity index (χ1n) is 7.11. The summed E-state index contributed by atoms with van der Waals surface area (Å²) in [4.78, 5) is 23.6. The number of benzene rings is 1. The zero-order valence-corrected chi connectivity index (χ0v) is 14.2. The Morgan fingerprint density at radius 2 is 2.12 bits per heavy atom. The first-order chi connectivity index (χ1) is 11.4.